The number of carbonyl (C=O) groups excluding carboxylic acids is 2. The van der Waals surface area contributed by atoms with Crippen molar-refractivity contribution in [2.75, 3.05) is 11.9 Å². The summed E-state index contributed by atoms with van der Waals surface area (Å²) in [5.74, 6) is -0.712. The fourth-order valence-corrected chi connectivity index (χ4v) is 1.86. The van der Waals surface area contributed by atoms with Gasteiger partial charge in [0.15, 0.2) is 0 Å². The van der Waals surface area contributed by atoms with Crippen LogP contribution in [0.3, 0.4) is 0 Å². The summed E-state index contributed by atoms with van der Waals surface area (Å²) in [6.07, 6.45) is 2.84. The molecule has 0 bridgehead atoms. The Morgan fingerprint density at radius 2 is 1.74 bits per heavy atom. The van der Waals surface area contributed by atoms with E-state index < -0.39 is 5.91 Å². The summed E-state index contributed by atoms with van der Waals surface area (Å²) in [6, 6.07) is 18.0. The van der Waals surface area contributed by atoms with E-state index in [0.717, 1.165) is 0 Å². The normalized spacial score (nSPS) is 10.0. The molecule has 2 aromatic carbocycles. The lowest BCUT2D eigenvalue weighted by atomic mass is 10.1. The van der Waals surface area contributed by atoms with Crippen LogP contribution < -0.4 is 10.6 Å². The minimum Gasteiger partial charge on any atom is -0.343 e. The Balaban J connectivity index is 1.84. The van der Waals surface area contributed by atoms with Crippen molar-refractivity contribution in [1.82, 2.24) is 5.32 Å². The van der Waals surface area contributed by atoms with E-state index >= 15 is 0 Å². The fourth-order valence-electron chi connectivity index (χ4n) is 1.86. The summed E-state index contributed by atoms with van der Waals surface area (Å²) in [4.78, 5) is 23.4. The second-order valence-corrected chi connectivity index (χ2v) is 4.66. The van der Waals surface area contributed by atoms with E-state index in [1.807, 2.05) is 24.3 Å². The number of amides is 2. The maximum absolute atomic E-state index is 11.7. The number of nitrogens with one attached hydrogen (secondary N) is 2. The molecule has 2 aromatic rings. The predicted molar refractivity (Wildman–Crippen MR) is 88.3 cm³/mol. The van der Waals surface area contributed by atoms with E-state index in [1.165, 1.54) is 6.08 Å². The summed E-state index contributed by atoms with van der Waals surface area (Å²) in [5, 5.41) is 14.1. The van der Waals surface area contributed by atoms with Crippen LogP contribution in [0.15, 0.2) is 60.7 Å². The van der Waals surface area contributed by atoms with Crippen LogP contribution in [-0.4, -0.2) is 18.4 Å². The molecule has 2 amide bonds. The number of carbonyl (C=O) groups is 2. The van der Waals surface area contributed by atoms with Crippen molar-refractivity contribution in [3.05, 3.63) is 71.8 Å². The van der Waals surface area contributed by atoms with Crippen LogP contribution >= 0.6 is 0 Å². The Morgan fingerprint density at radius 3 is 2.48 bits per heavy atom. The molecule has 2 N–H and O–H groups in total. The Kier molecular flexibility index (Phi) is 5.67. The van der Waals surface area contributed by atoms with Crippen LogP contribution in [0.1, 0.15) is 11.1 Å². The first-order valence-electron chi connectivity index (χ1n) is 6.99. The van der Waals surface area contributed by atoms with E-state index in [1.54, 1.807) is 42.5 Å². The average molecular weight is 305 g/mol. The summed E-state index contributed by atoms with van der Waals surface area (Å²) in [7, 11) is 0. The molecular weight excluding hydrogens is 290 g/mol. The van der Waals surface area contributed by atoms with Gasteiger partial charge >= 0.3 is 0 Å². The molecule has 0 saturated carbocycles. The van der Waals surface area contributed by atoms with Crippen molar-refractivity contribution in [3.8, 4) is 6.07 Å². The largest absolute Gasteiger partial charge is 0.343 e. The van der Waals surface area contributed by atoms with Gasteiger partial charge in [-0.05, 0) is 29.8 Å². The van der Waals surface area contributed by atoms with Crippen LogP contribution in [0.25, 0.3) is 6.08 Å². The van der Waals surface area contributed by atoms with Crippen molar-refractivity contribution in [3.63, 3.8) is 0 Å². The number of anilines is 1. The van der Waals surface area contributed by atoms with Crippen LogP contribution in [0.5, 0.6) is 0 Å². The van der Waals surface area contributed by atoms with Gasteiger partial charge in [-0.3, -0.25) is 9.59 Å². The maximum atomic E-state index is 11.7. The van der Waals surface area contributed by atoms with Crippen LogP contribution in [0.4, 0.5) is 5.69 Å². The quantitative estimate of drug-likeness (QED) is 0.832. The van der Waals surface area contributed by atoms with Crippen molar-refractivity contribution in [1.29, 1.82) is 5.26 Å². The number of hydrogen-bond donors (Lipinski definition) is 2. The van der Waals surface area contributed by atoms with Crippen molar-refractivity contribution in [2.24, 2.45) is 0 Å². The third kappa shape index (κ3) is 5.14. The molecule has 0 atom stereocenters. The number of benzene rings is 2. The predicted octanol–water partition coefficient (Wildman–Crippen LogP) is 2.33. The molecule has 23 heavy (non-hydrogen) atoms. The second-order valence-electron chi connectivity index (χ2n) is 4.66. The van der Waals surface area contributed by atoms with E-state index in [0.29, 0.717) is 16.8 Å². The molecule has 5 heteroatoms. The van der Waals surface area contributed by atoms with Gasteiger partial charge in [0.05, 0.1) is 18.2 Å². The third-order valence-corrected chi connectivity index (χ3v) is 2.98. The van der Waals surface area contributed by atoms with Crippen LogP contribution in [-0.2, 0) is 9.59 Å². The molecule has 114 valence electrons. The van der Waals surface area contributed by atoms with Gasteiger partial charge in [0.1, 0.15) is 0 Å². The topological polar surface area (TPSA) is 82.0 Å². The second kappa shape index (κ2) is 8.15. The van der Waals surface area contributed by atoms with Gasteiger partial charge in [0, 0.05) is 11.8 Å². The standard InChI is InChI=1S/C18H15N3O2/c19-12-15-7-5-4-6-14(15)10-11-17(22)20-13-18(23)21-16-8-2-1-3-9-16/h1-11H,13H2,(H,20,22)(H,21,23)/b11-10+. The summed E-state index contributed by atoms with van der Waals surface area (Å²) < 4.78 is 0. The first kappa shape index (κ1) is 16.0. The lowest BCUT2D eigenvalue weighted by Crippen LogP contribution is -2.31. The lowest BCUT2D eigenvalue weighted by Gasteiger charge is -2.05. The number of rotatable bonds is 5. The average Bonchev–Trinajstić information content (AvgIpc) is 2.59. The SMILES string of the molecule is N#Cc1ccccc1/C=C/C(=O)NCC(=O)Nc1ccccc1. The lowest BCUT2D eigenvalue weighted by molar-refractivity contribution is -0.121. The van der Waals surface area contributed by atoms with Crippen molar-refractivity contribution < 1.29 is 9.59 Å². The molecular formula is C18H15N3O2. The van der Waals surface area contributed by atoms with Crippen molar-refractivity contribution >= 4 is 23.6 Å². The van der Waals surface area contributed by atoms with Crippen molar-refractivity contribution in [2.45, 2.75) is 0 Å². The van der Waals surface area contributed by atoms with Gasteiger partial charge in [0.25, 0.3) is 0 Å². The Hall–Kier alpha value is -3.39. The first-order valence-corrected chi connectivity index (χ1v) is 6.99. The van der Waals surface area contributed by atoms with Crippen LogP contribution in [0.2, 0.25) is 0 Å². The van der Waals surface area contributed by atoms with E-state index in [9.17, 15) is 9.59 Å². The van der Waals surface area contributed by atoms with E-state index in [-0.39, 0.29) is 12.5 Å². The molecule has 5 nitrogen and oxygen atoms in total. The molecule has 0 heterocycles. The Bertz CT molecular complexity index is 761. The molecule has 0 aliphatic carbocycles. The molecule has 0 unspecified atom stereocenters. The molecule has 0 radical (unpaired) electrons. The number of nitrogens with zero attached hydrogens (tertiary/aromatic N) is 1. The number of para-hydroxylation sites is 1. The summed E-state index contributed by atoms with van der Waals surface area (Å²) >= 11 is 0. The number of nitriles is 1. The zero-order chi connectivity index (χ0) is 16.5. The smallest absolute Gasteiger partial charge is 0.244 e. The molecule has 0 fully saturated rings. The highest BCUT2D eigenvalue weighted by Gasteiger charge is 2.04. The minimum absolute atomic E-state index is 0.127. The first-order chi connectivity index (χ1) is 11.2. The third-order valence-electron chi connectivity index (χ3n) is 2.98. The maximum Gasteiger partial charge on any atom is 0.244 e. The van der Waals surface area contributed by atoms with Gasteiger partial charge < -0.3 is 10.6 Å². The molecule has 0 aliphatic rings. The molecule has 0 aliphatic heterocycles. The molecule has 0 spiro atoms. The van der Waals surface area contributed by atoms with Gasteiger partial charge in [-0.15, -0.1) is 0 Å². The Labute approximate surface area is 134 Å². The van der Waals surface area contributed by atoms with E-state index in [4.69, 9.17) is 5.26 Å². The summed E-state index contributed by atoms with van der Waals surface area (Å²) in [6.45, 7) is -0.127. The monoisotopic (exact) mass is 305 g/mol. The van der Waals surface area contributed by atoms with Gasteiger partial charge in [-0.2, -0.15) is 5.26 Å². The highest BCUT2D eigenvalue weighted by atomic mass is 16.2. The highest BCUT2D eigenvalue weighted by Crippen LogP contribution is 2.09. The fraction of sp³-hybridized carbons (Fsp3) is 0.0556. The summed E-state index contributed by atoms with van der Waals surface area (Å²) in [5.41, 5.74) is 1.81. The number of hydrogen-bond acceptors (Lipinski definition) is 3. The Morgan fingerprint density at radius 1 is 1.04 bits per heavy atom. The highest BCUT2D eigenvalue weighted by molar-refractivity contribution is 5.98. The van der Waals surface area contributed by atoms with Gasteiger partial charge in [0.2, 0.25) is 11.8 Å². The zero-order valence-electron chi connectivity index (χ0n) is 12.3. The van der Waals surface area contributed by atoms with Crippen LogP contribution in [0, 0.1) is 11.3 Å². The van der Waals surface area contributed by atoms with Gasteiger partial charge in [-0.25, -0.2) is 0 Å². The van der Waals surface area contributed by atoms with E-state index in [2.05, 4.69) is 10.6 Å². The molecule has 0 aromatic heterocycles. The van der Waals surface area contributed by atoms with Gasteiger partial charge in [-0.1, -0.05) is 36.4 Å². The molecule has 2 rings (SSSR count). The minimum atomic E-state index is -0.402. The molecule has 0 saturated heterocycles. The zero-order valence-corrected chi connectivity index (χ0v) is 12.3.